The van der Waals surface area contributed by atoms with Gasteiger partial charge in [0, 0.05) is 16.9 Å². The topological polar surface area (TPSA) is 42.0 Å². The van der Waals surface area contributed by atoms with E-state index < -0.39 is 0 Å². The highest BCUT2D eigenvalue weighted by atomic mass is 32.1. The number of hydrogen-bond acceptors (Lipinski definition) is 3. The van der Waals surface area contributed by atoms with E-state index in [-0.39, 0.29) is 5.91 Å². The minimum atomic E-state index is -0.0940. The Bertz CT molecular complexity index is 815. The van der Waals surface area contributed by atoms with E-state index in [4.69, 9.17) is 0 Å². The normalized spacial score (nSPS) is 14.3. The average Bonchev–Trinajstić information content (AvgIpc) is 3.27. The number of nitrogens with one attached hydrogen (secondary N) is 1. The maximum Gasteiger partial charge on any atom is 0.258 e. The van der Waals surface area contributed by atoms with Crippen molar-refractivity contribution < 1.29 is 4.79 Å². The molecule has 1 heterocycles. The van der Waals surface area contributed by atoms with E-state index in [1.807, 2.05) is 42.5 Å². The zero-order chi connectivity index (χ0) is 14.2. The Kier molecular flexibility index (Phi) is 2.97. The van der Waals surface area contributed by atoms with Gasteiger partial charge in [-0.3, -0.25) is 10.1 Å². The van der Waals surface area contributed by atoms with Crippen LogP contribution in [0.5, 0.6) is 0 Å². The Labute approximate surface area is 126 Å². The Balaban J connectivity index is 1.63. The number of nitrogens with zero attached hydrogens (tertiary/aromatic N) is 1. The highest BCUT2D eigenvalue weighted by molar-refractivity contribution is 7.14. The maximum absolute atomic E-state index is 12.5. The first-order valence-electron chi connectivity index (χ1n) is 7.06. The molecule has 0 saturated heterocycles. The number of benzene rings is 2. The molecule has 1 aromatic heterocycles. The zero-order valence-corrected chi connectivity index (χ0v) is 12.2. The van der Waals surface area contributed by atoms with Crippen LogP contribution >= 0.6 is 11.3 Å². The van der Waals surface area contributed by atoms with Crippen LogP contribution in [0.4, 0.5) is 5.13 Å². The first-order valence-corrected chi connectivity index (χ1v) is 7.94. The quantitative estimate of drug-likeness (QED) is 0.776. The third-order valence-electron chi connectivity index (χ3n) is 3.77. The van der Waals surface area contributed by atoms with Crippen LogP contribution < -0.4 is 5.32 Å². The van der Waals surface area contributed by atoms with E-state index in [2.05, 4.69) is 15.7 Å². The van der Waals surface area contributed by atoms with Crippen molar-refractivity contribution in [1.29, 1.82) is 0 Å². The number of aromatic nitrogens is 1. The van der Waals surface area contributed by atoms with E-state index in [0.29, 0.717) is 16.6 Å². The molecule has 0 aliphatic heterocycles. The van der Waals surface area contributed by atoms with Gasteiger partial charge in [-0.1, -0.05) is 36.4 Å². The summed E-state index contributed by atoms with van der Waals surface area (Å²) in [5.74, 6) is 0.521. The van der Waals surface area contributed by atoms with E-state index in [0.717, 1.165) is 16.5 Å². The maximum atomic E-state index is 12.5. The molecule has 2 aromatic carbocycles. The number of carbonyl (C=O) groups excluding carboxylic acids is 1. The van der Waals surface area contributed by atoms with Gasteiger partial charge in [-0.15, -0.1) is 11.3 Å². The summed E-state index contributed by atoms with van der Waals surface area (Å²) >= 11 is 1.50. The molecule has 0 radical (unpaired) electrons. The Hall–Kier alpha value is -2.20. The minimum Gasteiger partial charge on any atom is -0.298 e. The summed E-state index contributed by atoms with van der Waals surface area (Å²) in [5.41, 5.74) is 1.81. The summed E-state index contributed by atoms with van der Waals surface area (Å²) < 4.78 is 0. The summed E-state index contributed by atoms with van der Waals surface area (Å²) in [6, 6.07) is 13.7. The third-order valence-corrected chi connectivity index (χ3v) is 4.55. The summed E-state index contributed by atoms with van der Waals surface area (Å²) in [6.07, 6.45) is 2.45. The van der Waals surface area contributed by atoms with Crippen molar-refractivity contribution in [3.63, 3.8) is 0 Å². The number of amides is 1. The van der Waals surface area contributed by atoms with Crippen LogP contribution in [0, 0.1) is 0 Å². The molecule has 21 heavy (non-hydrogen) atoms. The molecule has 1 N–H and O–H groups in total. The molecule has 1 amide bonds. The van der Waals surface area contributed by atoms with Crippen molar-refractivity contribution in [1.82, 2.24) is 4.98 Å². The Morgan fingerprint density at radius 3 is 2.81 bits per heavy atom. The van der Waals surface area contributed by atoms with Gasteiger partial charge in [-0.05, 0) is 29.7 Å². The van der Waals surface area contributed by atoms with Crippen LogP contribution in [0.25, 0.3) is 10.8 Å². The smallest absolute Gasteiger partial charge is 0.258 e. The van der Waals surface area contributed by atoms with Crippen LogP contribution in [0.2, 0.25) is 0 Å². The van der Waals surface area contributed by atoms with Gasteiger partial charge in [0.1, 0.15) is 0 Å². The second-order valence-electron chi connectivity index (χ2n) is 5.33. The molecule has 1 saturated carbocycles. The van der Waals surface area contributed by atoms with Crippen molar-refractivity contribution in [2.75, 3.05) is 5.32 Å². The first kappa shape index (κ1) is 12.5. The van der Waals surface area contributed by atoms with Gasteiger partial charge in [0.15, 0.2) is 5.13 Å². The second kappa shape index (κ2) is 4.97. The molecule has 4 rings (SSSR count). The van der Waals surface area contributed by atoms with Crippen molar-refractivity contribution in [2.45, 2.75) is 18.8 Å². The fourth-order valence-corrected chi connectivity index (χ4v) is 3.29. The number of carbonyl (C=O) groups is 1. The largest absolute Gasteiger partial charge is 0.298 e. The van der Waals surface area contributed by atoms with Crippen molar-refractivity contribution in [3.05, 3.63) is 59.1 Å². The van der Waals surface area contributed by atoms with Gasteiger partial charge >= 0.3 is 0 Å². The molecule has 3 aromatic rings. The van der Waals surface area contributed by atoms with Gasteiger partial charge in [-0.25, -0.2) is 4.98 Å². The highest BCUT2D eigenvalue weighted by Gasteiger charge is 2.26. The van der Waals surface area contributed by atoms with Crippen molar-refractivity contribution in [3.8, 4) is 0 Å². The molecule has 4 heteroatoms. The van der Waals surface area contributed by atoms with Gasteiger partial charge < -0.3 is 0 Å². The zero-order valence-electron chi connectivity index (χ0n) is 11.4. The molecular formula is C17H14N2OS. The highest BCUT2D eigenvalue weighted by Crippen LogP contribution is 2.40. The van der Waals surface area contributed by atoms with E-state index in [1.54, 1.807) is 0 Å². The summed E-state index contributed by atoms with van der Waals surface area (Å²) in [4.78, 5) is 17.0. The lowest BCUT2D eigenvalue weighted by Gasteiger charge is -2.05. The molecule has 0 atom stereocenters. The lowest BCUT2D eigenvalue weighted by atomic mass is 10.0. The van der Waals surface area contributed by atoms with Crippen LogP contribution in [0.15, 0.2) is 47.8 Å². The van der Waals surface area contributed by atoms with Gasteiger partial charge in [0.25, 0.3) is 5.91 Å². The van der Waals surface area contributed by atoms with Crippen LogP contribution in [-0.4, -0.2) is 10.9 Å². The fraction of sp³-hybridized carbons (Fsp3) is 0.176. The average molecular weight is 294 g/mol. The molecule has 1 fully saturated rings. The number of rotatable bonds is 3. The summed E-state index contributed by atoms with van der Waals surface area (Å²) in [5, 5.41) is 7.70. The number of thiazole rings is 1. The molecular weight excluding hydrogens is 280 g/mol. The predicted molar refractivity (Wildman–Crippen MR) is 86.0 cm³/mol. The van der Waals surface area contributed by atoms with Crippen LogP contribution in [0.3, 0.4) is 0 Å². The predicted octanol–water partition coefficient (Wildman–Crippen LogP) is 4.43. The van der Waals surface area contributed by atoms with Gasteiger partial charge in [0.05, 0.1) is 5.69 Å². The Morgan fingerprint density at radius 2 is 1.95 bits per heavy atom. The second-order valence-corrected chi connectivity index (χ2v) is 6.19. The standard InChI is InChI=1S/C17H14N2OS/c20-16(19-17-18-15(10-21-17)12-8-9-12)14-7-3-5-11-4-1-2-6-13(11)14/h1-7,10,12H,8-9H2,(H,18,19,20). The molecule has 104 valence electrons. The number of hydrogen-bond donors (Lipinski definition) is 1. The molecule has 3 nitrogen and oxygen atoms in total. The lowest BCUT2D eigenvalue weighted by molar-refractivity contribution is 0.102. The van der Waals surface area contributed by atoms with Crippen molar-refractivity contribution in [2.24, 2.45) is 0 Å². The molecule has 1 aliphatic rings. The number of fused-ring (bicyclic) bond motifs is 1. The van der Waals surface area contributed by atoms with E-state index >= 15 is 0 Å². The number of anilines is 1. The third kappa shape index (κ3) is 2.43. The summed E-state index contributed by atoms with van der Waals surface area (Å²) in [6.45, 7) is 0. The van der Waals surface area contributed by atoms with E-state index in [1.165, 1.54) is 24.2 Å². The fourth-order valence-electron chi connectivity index (χ4n) is 2.50. The molecule has 0 bridgehead atoms. The first-order chi connectivity index (χ1) is 10.3. The SMILES string of the molecule is O=C(Nc1nc(C2CC2)cs1)c1cccc2ccccc12. The van der Waals surface area contributed by atoms with Crippen LogP contribution in [-0.2, 0) is 0 Å². The Morgan fingerprint density at radius 1 is 1.14 bits per heavy atom. The van der Waals surface area contributed by atoms with Gasteiger partial charge in [0.2, 0.25) is 0 Å². The molecule has 1 aliphatic carbocycles. The van der Waals surface area contributed by atoms with E-state index in [9.17, 15) is 4.79 Å². The van der Waals surface area contributed by atoms with Crippen LogP contribution in [0.1, 0.15) is 34.8 Å². The monoisotopic (exact) mass is 294 g/mol. The lowest BCUT2D eigenvalue weighted by Crippen LogP contribution is -2.12. The molecule has 0 unspecified atom stereocenters. The van der Waals surface area contributed by atoms with Gasteiger partial charge in [-0.2, -0.15) is 0 Å². The molecule has 0 spiro atoms. The van der Waals surface area contributed by atoms with Crippen molar-refractivity contribution >= 4 is 33.1 Å². The minimum absolute atomic E-state index is 0.0940. The summed E-state index contributed by atoms with van der Waals surface area (Å²) in [7, 11) is 0.